The van der Waals surface area contributed by atoms with E-state index in [1.807, 2.05) is 18.2 Å². The average Bonchev–Trinajstić information content (AvgIpc) is 3.09. The Kier molecular flexibility index (Phi) is 7.34. The van der Waals surface area contributed by atoms with Gasteiger partial charge in [-0.1, -0.05) is 30.3 Å². The van der Waals surface area contributed by atoms with Crippen molar-refractivity contribution in [1.29, 1.82) is 0 Å². The van der Waals surface area contributed by atoms with Crippen molar-refractivity contribution in [2.24, 2.45) is 11.8 Å². The second kappa shape index (κ2) is 9.26. The molecule has 3 atom stereocenters. The van der Waals surface area contributed by atoms with Gasteiger partial charge >= 0.3 is 0 Å². The summed E-state index contributed by atoms with van der Waals surface area (Å²) in [5, 5.41) is 6.50. The van der Waals surface area contributed by atoms with Crippen LogP contribution < -0.4 is 10.6 Å². The third-order valence-electron chi connectivity index (χ3n) is 4.80. The Morgan fingerprint density at radius 2 is 2.09 bits per heavy atom. The van der Waals surface area contributed by atoms with E-state index in [-0.39, 0.29) is 30.3 Å². The number of hydrogen-bond donors (Lipinski definition) is 2. The molecule has 5 heteroatoms. The second-order valence-electron chi connectivity index (χ2n) is 6.39. The molecule has 1 aromatic rings. The largest absolute Gasteiger partial charge is 0.373 e. The Bertz CT molecular complexity index is 477. The van der Waals surface area contributed by atoms with Crippen LogP contribution in [0.4, 0.5) is 0 Å². The van der Waals surface area contributed by atoms with Crippen LogP contribution in [-0.4, -0.2) is 32.1 Å². The summed E-state index contributed by atoms with van der Waals surface area (Å²) in [6.07, 6.45) is 4.09. The predicted molar refractivity (Wildman–Crippen MR) is 93.7 cm³/mol. The number of halogens is 1. The maximum atomic E-state index is 12.5. The Hall–Kier alpha value is -1.10. The van der Waals surface area contributed by atoms with Crippen molar-refractivity contribution in [2.75, 3.05) is 26.2 Å². The molecule has 1 aromatic carbocycles. The summed E-state index contributed by atoms with van der Waals surface area (Å²) < 4.78 is 5.91. The fourth-order valence-electron chi connectivity index (χ4n) is 3.51. The van der Waals surface area contributed by atoms with Gasteiger partial charge in [0.2, 0.25) is 5.91 Å². The van der Waals surface area contributed by atoms with Crippen molar-refractivity contribution >= 4 is 18.3 Å². The standard InChI is InChI=1S/C18H26N2O2.ClH/c21-18(20-11-9-14-8-10-19-13-14)16-7-4-12-22-17(16)15-5-2-1-3-6-15;/h1-3,5-6,14,16-17,19H,4,7-13H2,(H,20,21);1H. The highest BCUT2D eigenvalue weighted by atomic mass is 35.5. The number of benzene rings is 1. The highest BCUT2D eigenvalue weighted by molar-refractivity contribution is 5.85. The van der Waals surface area contributed by atoms with Gasteiger partial charge in [-0.25, -0.2) is 0 Å². The number of carbonyl (C=O) groups excluding carboxylic acids is 1. The van der Waals surface area contributed by atoms with Crippen LogP contribution in [0.2, 0.25) is 0 Å². The summed E-state index contributed by atoms with van der Waals surface area (Å²) in [5.41, 5.74) is 1.11. The van der Waals surface area contributed by atoms with E-state index in [4.69, 9.17) is 4.74 Å². The lowest BCUT2D eigenvalue weighted by Gasteiger charge is -2.31. The molecule has 3 unspecified atom stereocenters. The monoisotopic (exact) mass is 338 g/mol. The Balaban J connectivity index is 0.00000192. The van der Waals surface area contributed by atoms with Gasteiger partial charge in [0.15, 0.2) is 0 Å². The fourth-order valence-corrected chi connectivity index (χ4v) is 3.51. The zero-order valence-electron chi connectivity index (χ0n) is 13.5. The van der Waals surface area contributed by atoms with Gasteiger partial charge < -0.3 is 15.4 Å². The summed E-state index contributed by atoms with van der Waals surface area (Å²) in [7, 11) is 0. The van der Waals surface area contributed by atoms with Crippen LogP contribution in [-0.2, 0) is 9.53 Å². The number of amides is 1. The predicted octanol–water partition coefficient (Wildman–Crippen LogP) is 2.69. The highest BCUT2D eigenvalue weighted by Crippen LogP contribution is 2.33. The lowest BCUT2D eigenvalue weighted by Crippen LogP contribution is -2.38. The van der Waals surface area contributed by atoms with E-state index in [1.165, 1.54) is 6.42 Å². The van der Waals surface area contributed by atoms with Gasteiger partial charge in [-0.3, -0.25) is 4.79 Å². The lowest BCUT2D eigenvalue weighted by molar-refractivity contribution is -0.134. The zero-order valence-corrected chi connectivity index (χ0v) is 14.3. The van der Waals surface area contributed by atoms with Crippen LogP contribution >= 0.6 is 12.4 Å². The van der Waals surface area contributed by atoms with Gasteiger partial charge in [0.25, 0.3) is 0 Å². The van der Waals surface area contributed by atoms with Crippen molar-refractivity contribution in [3.05, 3.63) is 35.9 Å². The molecule has 2 heterocycles. The number of carbonyl (C=O) groups is 1. The molecule has 2 fully saturated rings. The van der Waals surface area contributed by atoms with E-state index < -0.39 is 0 Å². The first-order chi connectivity index (χ1) is 10.8. The molecule has 2 aliphatic rings. The van der Waals surface area contributed by atoms with E-state index >= 15 is 0 Å². The first-order valence-electron chi connectivity index (χ1n) is 8.49. The molecule has 4 nitrogen and oxygen atoms in total. The van der Waals surface area contributed by atoms with Gasteiger partial charge in [0.1, 0.15) is 0 Å². The quantitative estimate of drug-likeness (QED) is 0.868. The molecule has 128 valence electrons. The zero-order chi connectivity index (χ0) is 15.2. The minimum absolute atomic E-state index is 0. The maximum Gasteiger partial charge on any atom is 0.226 e. The molecule has 2 saturated heterocycles. The average molecular weight is 339 g/mol. The molecule has 0 aliphatic carbocycles. The number of nitrogens with one attached hydrogen (secondary N) is 2. The third-order valence-corrected chi connectivity index (χ3v) is 4.80. The molecule has 0 aromatic heterocycles. The topological polar surface area (TPSA) is 50.4 Å². The first-order valence-corrected chi connectivity index (χ1v) is 8.49. The van der Waals surface area contributed by atoms with Crippen LogP contribution in [0.1, 0.15) is 37.4 Å². The van der Waals surface area contributed by atoms with Crippen molar-refractivity contribution in [1.82, 2.24) is 10.6 Å². The molecule has 0 saturated carbocycles. The van der Waals surface area contributed by atoms with Crippen LogP contribution in [0.15, 0.2) is 30.3 Å². The maximum absolute atomic E-state index is 12.5. The summed E-state index contributed by atoms with van der Waals surface area (Å²) in [4.78, 5) is 12.5. The fraction of sp³-hybridized carbons (Fsp3) is 0.611. The van der Waals surface area contributed by atoms with Crippen LogP contribution in [0.5, 0.6) is 0 Å². The van der Waals surface area contributed by atoms with Gasteiger partial charge in [-0.2, -0.15) is 0 Å². The Morgan fingerprint density at radius 3 is 2.83 bits per heavy atom. The van der Waals surface area contributed by atoms with Gasteiger partial charge in [-0.05, 0) is 50.3 Å². The second-order valence-corrected chi connectivity index (χ2v) is 6.39. The number of hydrogen-bond acceptors (Lipinski definition) is 3. The molecule has 23 heavy (non-hydrogen) atoms. The molecule has 0 spiro atoms. The van der Waals surface area contributed by atoms with E-state index in [9.17, 15) is 4.79 Å². The van der Waals surface area contributed by atoms with Crippen molar-refractivity contribution in [2.45, 2.75) is 31.8 Å². The minimum atomic E-state index is -0.0944. The summed E-state index contributed by atoms with van der Waals surface area (Å²) in [5.74, 6) is 0.810. The van der Waals surface area contributed by atoms with Crippen LogP contribution in [0, 0.1) is 11.8 Å². The van der Waals surface area contributed by atoms with E-state index in [0.29, 0.717) is 5.92 Å². The highest BCUT2D eigenvalue weighted by Gasteiger charge is 2.32. The van der Waals surface area contributed by atoms with Gasteiger partial charge in [0.05, 0.1) is 12.0 Å². The summed E-state index contributed by atoms with van der Waals surface area (Å²) in [6.45, 7) is 3.74. The molecule has 1 amide bonds. The van der Waals surface area contributed by atoms with Crippen molar-refractivity contribution in [3.63, 3.8) is 0 Å². The van der Waals surface area contributed by atoms with Gasteiger partial charge in [0, 0.05) is 13.2 Å². The van der Waals surface area contributed by atoms with Gasteiger partial charge in [-0.15, -0.1) is 12.4 Å². The molecule has 2 aliphatic heterocycles. The van der Waals surface area contributed by atoms with Crippen LogP contribution in [0.25, 0.3) is 0 Å². The van der Waals surface area contributed by atoms with E-state index in [0.717, 1.165) is 51.1 Å². The Labute approximate surface area is 144 Å². The van der Waals surface area contributed by atoms with Crippen LogP contribution in [0.3, 0.4) is 0 Å². The smallest absolute Gasteiger partial charge is 0.226 e. The Morgan fingerprint density at radius 1 is 1.26 bits per heavy atom. The lowest BCUT2D eigenvalue weighted by atomic mass is 9.88. The summed E-state index contributed by atoms with van der Waals surface area (Å²) >= 11 is 0. The third kappa shape index (κ3) is 4.93. The molecule has 0 bridgehead atoms. The molecular weight excluding hydrogens is 312 g/mol. The number of ether oxygens (including phenoxy) is 1. The SMILES string of the molecule is Cl.O=C(NCCC1CCNC1)C1CCCOC1c1ccccc1. The molecule has 3 rings (SSSR count). The molecule has 0 radical (unpaired) electrons. The normalized spacial score (nSPS) is 27.2. The minimum Gasteiger partial charge on any atom is -0.373 e. The first kappa shape index (κ1) is 18.2. The van der Waals surface area contributed by atoms with Crippen molar-refractivity contribution in [3.8, 4) is 0 Å². The van der Waals surface area contributed by atoms with Crippen molar-refractivity contribution < 1.29 is 9.53 Å². The molecular formula is C18H27ClN2O2. The van der Waals surface area contributed by atoms with E-state index in [1.54, 1.807) is 0 Å². The number of rotatable bonds is 5. The molecule has 2 N–H and O–H groups in total. The van der Waals surface area contributed by atoms with E-state index in [2.05, 4.69) is 22.8 Å². The summed E-state index contributed by atoms with van der Waals surface area (Å²) in [6, 6.07) is 10.1.